The number of hydrogen-bond donors (Lipinski definition) is 1. The summed E-state index contributed by atoms with van der Waals surface area (Å²) in [6.45, 7) is 5.36. The van der Waals surface area contributed by atoms with Crippen LogP contribution in [0, 0.1) is 0 Å². The number of aromatic nitrogens is 2. The largest absolute Gasteiger partial charge is 0.305 e. The van der Waals surface area contributed by atoms with Gasteiger partial charge >= 0.3 is 0 Å². The molecule has 0 radical (unpaired) electrons. The number of benzene rings is 1. The molecule has 2 aromatic rings. The molecular weight excluding hydrogens is 234 g/mol. The molecule has 1 aromatic carbocycles. The molecular formula is C16H23N3. The van der Waals surface area contributed by atoms with Crippen LogP contribution in [0.4, 0.5) is 0 Å². The Morgan fingerprint density at radius 3 is 2.42 bits per heavy atom. The summed E-state index contributed by atoms with van der Waals surface area (Å²) in [5.74, 6) is 0. The summed E-state index contributed by atoms with van der Waals surface area (Å²) in [5, 5.41) is 8.11. The van der Waals surface area contributed by atoms with Crippen LogP contribution in [0.5, 0.6) is 0 Å². The number of nitrogens with one attached hydrogen (secondary N) is 1. The summed E-state index contributed by atoms with van der Waals surface area (Å²) >= 11 is 0. The molecule has 0 aliphatic rings. The van der Waals surface area contributed by atoms with Crippen molar-refractivity contribution in [1.82, 2.24) is 15.1 Å². The molecule has 0 saturated carbocycles. The monoisotopic (exact) mass is 257 g/mol. The summed E-state index contributed by atoms with van der Waals surface area (Å²) in [5.41, 5.74) is 3.74. The van der Waals surface area contributed by atoms with Crippen molar-refractivity contribution >= 4 is 0 Å². The maximum Gasteiger partial charge on any atom is 0.0839 e. The Morgan fingerprint density at radius 1 is 1.16 bits per heavy atom. The highest BCUT2D eigenvalue weighted by molar-refractivity contribution is 5.30. The number of rotatable bonds is 6. The number of nitrogens with zero attached hydrogens (tertiary/aromatic N) is 2. The molecule has 0 aliphatic heterocycles. The summed E-state index contributed by atoms with van der Waals surface area (Å²) in [6, 6.07) is 11.1. The van der Waals surface area contributed by atoms with Crippen molar-refractivity contribution in [2.24, 2.45) is 7.05 Å². The Morgan fingerprint density at radius 2 is 1.89 bits per heavy atom. The minimum atomic E-state index is 0.187. The van der Waals surface area contributed by atoms with Gasteiger partial charge in [-0.15, -0.1) is 0 Å². The van der Waals surface area contributed by atoms with Gasteiger partial charge in [0, 0.05) is 13.2 Å². The van der Waals surface area contributed by atoms with Gasteiger partial charge in [0.2, 0.25) is 0 Å². The van der Waals surface area contributed by atoms with Gasteiger partial charge in [-0.2, -0.15) is 5.10 Å². The molecule has 0 spiro atoms. The topological polar surface area (TPSA) is 29.9 Å². The van der Waals surface area contributed by atoms with E-state index in [1.54, 1.807) is 0 Å². The van der Waals surface area contributed by atoms with Gasteiger partial charge in [0.1, 0.15) is 0 Å². The molecule has 1 N–H and O–H groups in total. The quantitative estimate of drug-likeness (QED) is 0.862. The molecule has 0 amide bonds. The van der Waals surface area contributed by atoms with E-state index < -0.39 is 0 Å². The van der Waals surface area contributed by atoms with Gasteiger partial charge in [-0.3, -0.25) is 4.68 Å². The molecule has 1 unspecified atom stereocenters. The van der Waals surface area contributed by atoms with E-state index in [-0.39, 0.29) is 6.04 Å². The van der Waals surface area contributed by atoms with Crippen molar-refractivity contribution in [2.75, 3.05) is 6.54 Å². The second-order valence-corrected chi connectivity index (χ2v) is 4.90. The van der Waals surface area contributed by atoms with E-state index >= 15 is 0 Å². The Kier molecular flexibility index (Phi) is 4.74. The van der Waals surface area contributed by atoms with Crippen molar-refractivity contribution in [2.45, 2.75) is 32.7 Å². The van der Waals surface area contributed by atoms with Crippen LogP contribution < -0.4 is 5.32 Å². The lowest BCUT2D eigenvalue weighted by Crippen LogP contribution is -2.23. The molecule has 3 nitrogen and oxygen atoms in total. The lowest BCUT2D eigenvalue weighted by atomic mass is 10.0. The van der Waals surface area contributed by atoms with Gasteiger partial charge in [-0.25, -0.2) is 0 Å². The van der Waals surface area contributed by atoms with Crippen LogP contribution in [0.25, 0.3) is 0 Å². The fraction of sp³-hybridized carbons (Fsp3) is 0.438. The van der Waals surface area contributed by atoms with Crippen LogP contribution in [0.1, 0.15) is 43.1 Å². The Labute approximate surface area is 115 Å². The average molecular weight is 257 g/mol. The maximum absolute atomic E-state index is 4.54. The van der Waals surface area contributed by atoms with E-state index in [4.69, 9.17) is 0 Å². The van der Waals surface area contributed by atoms with E-state index in [1.807, 2.05) is 17.9 Å². The maximum atomic E-state index is 4.54. The highest BCUT2D eigenvalue weighted by atomic mass is 15.3. The molecule has 0 saturated heterocycles. The third-order valence-corrected chi connectivity index (χ3v) is 3.35. The molecule has 3 heteroatoms. The average Bonchev–Trinajstić information content (AvgIpc) is 2.86. The highest BCUT2D eigenvalue weighted by Gasteiger charge is 2.15. The molecule has 102 valence electrons. The summed E-state index contributed by atoms with van der Waals surface area (Å²) in [6.07, 6.45) is 4.20. The van der Waals surface area contributed by atoms with Crippen LogP contribution in [0.2, 0.25) is 0 Å². The van der Waals surface area contributed by atoms with E-state index in [0.717, 1.165) is 25.1 Å². The van der Waals surface area contributed by atoms with Gasteiger partial charge < -0.3 is 5.32 Å². The SMILES string of the molecule is CCCNC(c1ccc(CC)cc1)c1ccn(C)n1. The van der Waals surface area contributed by atoms with Gasteiger partial charge in [-0.1, -0.05) is 38.1 Å². The summed E-state index contributed by atoms with van der Waals surface area (Å²) in [7, 11) is 1.96. The van der Waals surface area contributed by atoms with Crippen LogP contribution >= 0.6 is 0 Å². The van der Waals surface area contributed by atoms with Crippen LogP contribution in [-0.2, 0) is 13.5 Å². The van der Waals surface area contributed by atoms with Crippen LogP contribution in [0.15, 0.2) is 36.5 Å². The first-order valence-electron chi connectivity index (χ1n) is 7.06. The van der Waals surface area contributed by atoms with Crippen LogP contribution in [-0.4, -0.2) is 16.3 Å². The van der Waals surface area contributed by atoms with E-state index in [0.29, 0.717) is 0 Å². The minimum Gasteiger partial charge on any atom is -0.305 e. The predicted molar refractivity (Wildman–Crippen MR) is 79.2 cm³/mol. The van der Waals surface area contributed by atoms with E-state index in [2.05, 4.69) is 54.6 Å². The van der Waals surface area contributed by atoms with Crippen molar-refractivity contribution in [3.63, 3.8) is 0 Å². The Balaban J connectivity index is 2.25. The summed E-state index contributed by atoms with van der Waals surface area (Å²) < 4.78 is 1.86. The third kappa shape index (κ3) is 3.44. The van der Waals surface area contributed by atoms with Gasteiger partial charge in [0.15, 0.2) is 0 Å². The smallest absolute Gasteiger partial charge is 0.0839 e. The fourth-order valence-electron chi connectivity index (χ4n) is 2.21. The van der Waals surface area contributed by atoms with Crippen molar-refractivity contribution in [3.8, 4) is 0 Å². The van der Waals surface area contributed by atoms with Gasteiger partial charge in [0.05, 0.1) is 11.7 Å². The molecule has 0 fully saturated rings. The molecule has 2 rings (SSSR count). The van der Waals surface area contributed by atoms with Gasteiger partial charge in [-0.05, 0) is 36.6 Å². The minimum absolute atomic E-state index is 0.187. The van der Waals surface area contributed by atoms with Gasteiger partial charge in [0.25, 0.3) is 0 Å². The molecule has 19 heavy (non-hydrogen) atoms. The lowest BCUT2D eigenvalue weighted by Gasteiger charge is -2.17. The first kappa shape index (κ1) is 13.8. The Bertz CT molecular complexity index is 499. The van der Waals surface area contributed by atoms with Crippen molar-refractivity contribution in [3.05, 3.63) is 53.3 Å². The third-order valence-electron chi connectivity index (χ3n) is 3.35. The lowest BCUT2D eigenvalue weighted by molar-refractivity contribution is 0.575. The highest BCUT2D eigenvalue weighted by Crippen LogP contribution is 2.21. The first-order valence-corrected chi connectivity index (χ1v) is 7.06. The second-order valence-electron chi connectivity index (χ2n) is 4.90. The second kappa shape index (κ2) is 6.53. The summed E-state index contributed by atoms with van der Waals surface area (Å²) in [4.78, 5) is 0. The standard InChI is InChI=1S/C16H23N3/c1-4-11-17-16(15-10-12-19(3)18-15)14-8-6-13(5-2)7-9-14/h6-10,12,16-17H,4-5,11H2,1-3H3. The van der Waals surface area contributed by atoms with Crippen molar-refractivity contribution < 1.29 is 0 Å². The molecule has 0 aliphatic carbocycles. The normalized spacial score (nSPS) is 12.6. The zero-order chi connectivity index (χ0) is 13.7. The molecule has 1 atom stereocenters. The van der Waals surface area contributed by atoms with Crippen LogP contribution in [0.3, 0.4) is 0 Å². The first-order chi connectivity index (χ1) is 9.24. The fourth-order valence-corrected chi connectivity index (χ4v) is 2.21. The predicted octanol–water partition coefficient (Wildman–Crippen LogP) is 3.07. The molecule has 0 bridgehead atoms. The number of hydrogen-bond acceptors (Lipinski definition) is 2. The van der Waals surface area contributed by atoms with E-state index in [1.165, 1.54) is 11.1 Å². The zero-order valence-electron chi connectivity index (χ0n) is 12.1. The molecule has 1 heterocycles. The molecule has 1 aromatic heterocycles. The Hall–Kier alpha value is -1.61. The number of aryl methyl sites for hydroxylation is 2. The van der Waals surface area contributed by atoms with Crippen molar-refractivity contribution in [1.29, 1.82) is 0 Å². The van der Waals surface area contributed by atoms with E-state index in [9.17, 15) is 0 Å². The zero-order valence-corrected chi connectivity index (χ0v) is 12.1.